The molecular formula is C24H20Cl2N4OS. The number of thiazole rings is 1. The van der Waals surface area contributed by atoms with Crippen molar-refractivity contribution in [3.63, 3.8) is 0 Å². The van der Waals surface area contributed by atoms with Crippen LogP contribution < -0.4 is 5.32 Å². The number of amides is 1. The molecule has 32 heavy (non-hydrogen) atoms. The molecule has 2 aromatic carbocycles. The van der Waals surface area contributed by atoms with E-state index in [1.807, 2.05) is 24.3 Å². The van der Waals surface area contributed by atoms with E-state index in [1.54, 1.807) is 12.1 Å². The van der Waals surface area contributed by atoms with Gasteiger partial charge in [0.25, 0.3) is 0 Å². The van der Waals surface area contributed by atoms with E-state index in [0.717, 1.165) is 28.0 Å². The average Bonchev–Trinajstić information content (AvgIpc) is 3.29. The van der Waals surface area contributed by atoms with Crippen molar-refractivity contribution < 1.29 is 4.79 Å². The van der Waals surface area contributed by atoms with Gasteiger partial charge in [0.1, 0.15) is 0 Å². The van der Waals surface area contributed by atoms with E-state index in [9.17, 15) is 4.79 Å². The van der Waals surface area contributed by atoms with Crippen molar-refractivity contribution in [1.82, 2.24) is 15.0 Å². The Labute approximate surface area is 199 Å². The van der Waals surface area contributed by atoms with Crippen LogP contribution in [0.25, 0.3) is 21.3 Å². The van der Waals surface area contributed by atoms with Crippen molar-refractivity contribution in [1.29, 1.82) is 0 Å². The van der Waals surface area contributed by atoms with Crippen LogP contribution >= 0.6 is 34.5 Å². The lowest BCUT2D eigenvalue weighted by atomic mass is 9.63. The highest BCUT2D eigenvalue weighted by Crippen LogP contribution is 2.70. The molecule has 0 aliphatic heterocycles. The molecule has 5 nitrogen and oxygen atoms in total. The van der Waals surface area contributed by atoms with Gasteiger partial charge in [0, 0.05) is 5.41 Å². The lowest BCUT2D eigenvalue weighted by Crippen LogP contribution is -2.48. The summed E-state index contributed by atoms with van der Waals surface area (Å²) in [5, 5.41) is 4.61. The topological polar surface area (TPSA) is 67.8 Å². The fraction of sp³-hybridized carbons (Fsp3) is 0.333. The number of anilines is 1. The van der Waals surface area contributed by atoms with Crippen molar-refractivity contribution in [2.45, 2.75) is 44.4 Å². The van der Waals surface area contributed by atoms with Crippen molar-refractivity contribution in [2.24, 2.45) is 5.41 Å². The number of halogens is 2. The Hall–Kier alpha value is -2.28. The van der Waals surface area contributed by atoms with Crippen LogP contribution in [0.1, 0.15) is 45.0 Å². The molecule has 1 amide bonds. The molecule has 2 bridgehead atoms. The average molecular weight is 483 g/mol. The van der Waals surface area contributed by atoms with Gasteiger partial charge in [0.05, 0.1) is 48.1 Å². The summed E-state index contributed by atoms with van der Waals surface area (Å²) in [5.41, 5.74) is 2.41. The zero-order chi connectivity index (χ0) is 22.5. The molecule has 2 aromatic heterocycles. The van der Waals surface area contributed by atoms with E-state index in [1.165, 1.54) is 11.3 Å². The van der Waals surface area contributed by atoms with Crippen molar-refractivity contribution in [3.05, 3.63) is 57.8 Å². The van der Waals surface area contributed by atoms with Crippen LogP contribution in [0.2, 0.25) is 10.0 Å². The Morgan fingerprint density at radius 2 is 1.59 bits per heavy atom. The summed E-state index contributed by atoms with van der Waals surface area (Å²) in [4.78, 5) is 28.6. The number of hydrogen-bond donors (Lipinski definition) is 1. The van der Waals surface area contributed by atoms with Gasteiger partial charge in [-0.2, -0.15) is 0 Å². The Morgan fingerprint density at radius 1 is 0.938 bits per heavy atom. The Morgan fingerprint density at radius 3 is 2.28 bits per heavy atom. The monoisotopic (exact) mass is 482 g/mol. The number of hydrogen-bond acceptors (Lipinski definition) is 5. The maximum absolute atomic E-state index is 14.0. The summed E-state index contributed by atoms with van der Waals surface area (Å²) in [7, 11) is 0. The molecule has 1 fully saturated rings. The summed E-state index contributed by atoms with van der Waals surface area (Å²) in [6.45, 7) is 6.52. The van der Waals surface area contributed by atoms with Gasteiger partial charge < -0.3 is 5.32 Å². The van der Waals surface area contributed by atoms with Crippen LogP contribution in [0, 0.1) is 5.41 Å². The van der Waals surface area contributed by atoms with Gasteiger partial charge in [-0.15, -0.1) is 0 Å². The lowest BCUT2D eigenvalue weighted by molar-refractivity contribution is -0.125. The molecule has 1 N–H and O–H groups in total. The number of benzene rings is 2. The second kappa shape index (κ2) is 6.40. The highest BCUT2D eigenvalue weighted by atomic mass is 35.5. The molecule has 0 saturated heterocycles. The largest absolute Gasteiger partial charge is 0.301 e. The van der Waals surface area contributed by atoms with E-state index in [-0.39, 0.29) is 16.7 Å². The van der Waals surface area contributed by atoms with Gasteiger partial charge in [-0.3, -0.25) is 4.79 Å². The number of carbonyl (C=O) groups is 1. The molecule has 8 heteroatoms. The first-order chi connectivity index (χ1) is 15.2. The van der Waals surface area contributed by atoms with Crippen molar-refractivity contribution >= 4 is 66.8 Å². The summed E-state index contributed by atoms with van der Waals surface area (Å²) in [5.74, 6) is -0.0715. The molecule has 0 spiro atoms. The zero-order valence-electron chi connectivity index (χ0n) is 17.8. The molecule has 4 aromatic rings. The third-order valence-electron chi connectivity index (χ3n) is 7.98. The third-order valence-corrected chi connectivity index (χ3v) is 9.66. The van der Waals surface area contributed by atoms with Crippen LogP contribution in [0.3, 0.4) is 0 Å². The van der Waals surface area contributed by atoms with Gasteiger partial charge in [0.2, 0.25) is 5.91 Å². The van der Waals surface area contributed by atoms with Crippen molar-refractivity contribution in [2.75, 3.05) is 5.32 Å². The SMILES string of the molecule is CC12CCC(C(=O)Nc3nc4ccccc4s3)(c3nc4cc(Cl)c(Cl)cc4nc31)C2(C)C. The second-order valence-electron chi connectivity index (χ2n) is 9.48. The van der Waals surface area contributed by atoms with Gasteiger partial charge in [-0.1, -0.05) is 67.4 Å². The molecule has 2 aliphatic rings. The van der Waals surface area contributed by atoms with E-state index in [2.05, 4.69) is 31.1 Å². The maximum Gasteiger partial charge on any atom is 0.239 e. The molecule has 2 heterocycles. The molecule has 0 radical (unpaired) electrons. The van der Waals surface area contributed by atoms with Crippen LogP contribution in [0.15, 0.2) is 36.4 Å². The Bertz CT molecular complexity index is 1430. The van der Waals surface area contributed by atoms with Gasteiger partial charge >= 0.3 is 0 Å². The highest BCUT2D eigenvalue weighted by Gasteiger charge is 2.73. The standard InChI is InChI=1S/C24H20Cl2N4OS/c1-22(2)23(3)8-9-24(22,20(31)30-21-29-14-6-4-5-7-17(14)32-21)19-18(23)27-15-10-12(25)13(26)11-16(15)28-19/h4-7,10-11H,8-9H2,1-3H3,(H,29,30,31). The minimum atomic E-state index is -0.803. The minimum absolute atomic E-state index is 0.0715. The summed E-state index contributed by atoms with van der Waals surface area (Å²) < 4.78 is 1.04. The second-order valence-corrected chi connectivity index (χ2v) is 11.3. The molecule has 6 rings (SSSR count). The quantitative estimate of drug-likeness (QED) is 0.353. The fourth-order valence-corrected chi connectivity index (χ4v) is 6.91. The molecule has 2 unspecified atom stereocenters. The Balaban J connectivity index is 1.52. The summed E-state index contributed by atoms with van der Waals surface area (Å²) in [6.07, 6.45) is 1.57. The van der Waals surface area contributed by atoms with Crippen LogP contribution in [-0.4, -0.2) is 20.9 Å². The number of fused-ring (bicyclic) bond motifs is 7. The third kappa shape index (κ3) is 2.35. The molecular weight excluding hydrogens is 463 g/mol. The van der Waals surface area contributed by atoms with Crippen LogP contribution in [0.4, 0.5) is 5.13 Å². The fourth-order valence-electron chi connectivity index (χ4n) is 5.73. The van der Waals surface area contributed by atoms with E-state index in [4.69, 9.17) is 33.2 Å². The number of nitrogens with one attached hydrogen (secondary N) is 1. The minimum Gasteiger partial charge on any atom is -0.301 e. The first kappa shape index (κ1) is 20.3. The summed E-state index contributed by atoms with van der Waals surface area (Å²) in [6, 6.07) is 11.4. The molecule has 2 aliphatic carbocycles. The van der Waals surface area contributed by atoms with Crippen LogP contribution in [0.5, 0.6) is 0 Å². The number of carbonyl (C=O) groups excluding carboxylic acids is 1. The normalized spacial score (nSPS) is 25.4. The van der Waals surface area contributed by atoms with Gasteiger partial charge in [-0.25, -0.2) is 15.0 Å². The molecule has 162 valence electrons. The smallest absolute Gasteiger partial charge is 0.239 e. The Kier molecular flexibility index (Phi) is 4.07. The van der Waals surface area contributed by atoms with Crippen LogP contribution in [-0.2, 0) is 15.6 Å². The van der Waals surface area contributed by atoms with E-state index < -0.39 is 5.41 Å². The predicted molar refractivity (Wildman–Crippen MR) is 130 cm³/mol. The number of nitrogens with zero attached hydrogens (tertiary/aromatic N) is 3. The summed E-state index contributed by atoms with van der Waals surface area (Å²) >= 11 is 14.0. The zero-order valence-corrected chi connectivity index (χ0v) is 20.1. The number of para-hydroxylation sites is 1. The number of rotatable bonds is 2. The predicted octanol–water partition coefficient (Wildman–Crippen LogP) is 6.51. The van der Waals surface area contributed by atoms with Crippen molar-refractivity contribution in [3.8, 4) is 0 Å². The number of aromatic nitrogens is 3. The maximum atomic E-state index is 14.0. The first-order valence-corrected chi connectivity index (χ1v) is 12.1. The van der Waals surface area contributed by atoms with E-state index in [0.29, 0.717) is 32.6 Å². The van der Waals surface area contributed by atoms with E-state index >= 15 is 0 Å². The van der Waals surface area contributed by atoms with Gasteiger partial charge in [0.15, 0.2) is 5.13 Å². The van der Waals surface area contributed by atoms with Gasteiger partial charge in [-0.05, 0) is 42.5 Å². The molecule has 1 saturated carbocycles. The lowest BCUT2D eigenvalue weighted by Gasteiger charge is -2.39. The highest BCUT2D eigenvalue weighted by molar-refractivity contribution is 7.22. The first-order valence-electron chi connectivity index (χ1n) is 10.5. The molecule has 2 atom stereocenters.